The summed E-state index contributed by atoms with van der Waals surface area (Å²) < 4.78 is 0. The van der Waals surface area contributed by atoms with Crippen LogP contribution in [0, 0.1) is 10.1 Å². The number of nitro groups is 1. The van der Waals surface area contributed by atoms with Crippen molar-refractivity contribution in [2.45, 2.75) is 6.54 Å². The van der Waals surface area contributed by atoms with Crippen molar-refractivity contribution in [3.05, 3.63) is 64.0 Å². The number of nitrogens with zero attached hydrogens (tertiary/aromatic N) is 2. The quantitative estimate of drug-likeness (QED) is 0.650. The van der Waals surface area contributed by atoms with Crippen molar-refractivity contribution < 1.29 is 14.8 Å². The molecule has 20 heavy (non-hydrogen) atoms. The third-order valence-electron chi connectivity index (χ3n) is 2.63. The fourth-order valence-corrected chi connectivity index (χ4v) is 1.64. The first-order valence-corrected chi connectivity index (χ1v) is 5.73. The lowest BCUT2D eigenvalue weighted by atomic mass is 10.1. The Morgan fingerprint density at radius 1 is 1.35 bits per heavy atom. The molecule has 2 rings (SSSR count). The van der Waals surface area contributed by atoms with E-state index in [0.717, 1.165) is 11.6 Å². The Morgan fingerprint density at radius 3 is 2.80 bits per heavy atom. The molecule has 0 aliphatic carbocycles. The number of nitro benzene ring substituents is 1. The first-order valence-electron chi connectivity index (χ1n) is 5.73. The largest absolute Gasteiger partial charge is 0.502 e. The van der Waals surface area contributed by atoms with E-state index in [2.05, 4.69) is 10.3 Å². The molecule has 0 unspecified atom stereocenters. The Balaban J connectivity index is 2.14. The lowest BCUT2D eigenvalue weighted by Crippen LogP contribution is -2.23. The van der Waals surface area contributed by atoms with Gasteiger partial charge in [0.2, 0.25) is 5.75 Å². The standard InChI is InChI=1S/C13H11N3O4/c17-12-10(4-1-5-11(12)16(19)20)13(18)15-8-9-3-2-6-14-7-9/h1-7,17H,8H2,(H,15,18). The van der Waals surface area contributed by atoms with E-state index in [1.165, 1.54) is 12.1 Å². The first-order chi connectivity index (χ1) is 9.59. The van der Waals surface area contributed by atoms with Crippen molar-refractivity contribution in [2.75, 3.05) is 0 Å². The highest BCUT2D eigenvalue weighted by Crippen LogP contribution is 2.29. The van der Waals surface area contributed by atoms with Crippen LogP contribution >= 0.6 is 0 Å². The fourth-order valence-electron chi connectivity index (χ4n) is 1.64. The summed E-state index contributed by atoms with van der Waals surface area (Å²) in [7, 11) is 0. The third-order valence-corrected chi connectivity index (χ3v) is 2.63. The summed E-state index contributed by atoms with van der Waals surface area (Å²) in [6.45, 7) is 0.217. The van der Waals surface area contributed by atoms with Crippen LogP contribution in [0.2, 0.25) is 0 Å². The number of hydrogen-bond donors (Lipinski definition) is 2. The molecule has 0 atom stereocenters. The summed E-state index contributed by atoms with van der Waals surface area (Å²) >= 11 is 0. The average Bonchev–Trinajstić information content (AvgIpc) is 2.46. The monoisotopic (exact) mass is 273 g/mol. The maximum atomic E-state index is 11.9. The second-order valence-electron chi connectivity index (χ2n) is 3.97. The van der Waals surface area contributed by atoms with Crippen LogP contribution in [0.3, 0.4) is 0 Å². The molecular weight excluding hydrogens is 262 g/mol. The van der Waals surface area contributed by atoms with Crippen molar-refractivity contribution in [2.24, 2.45) is 0 Å². The van der Waals surface area contributed by atoms with Crippen LogP contribution in [0.4, 0.5) is 5.69 Å². The van der Waals surface area contributed by atoms with Gasteiger partial charge in [-0.2, -0.15) is 0 Å². The number of aromatic nitrogens is 1. The molecule has 2 aromatic rings. The summed E-state index contributed by atoms with van der Waals surface area (Å²) in [6, 6.07) is 7.30. The lowest BCUT2D eigenvalue weighted by molar-refractivity contribution is -0.385. The molecule has 0 spiro atoms. The minimum Gasteiger partial charge on any atom is -0.502 e. The second-order valence-corrected chi connectivity index (χ2v) is 3.97. The molecule has 0 saturated carbocycles. The van der Waals surface area contributed by atoms with Gasteiger partial charge in [0.1, 0.15) is 0 Å². The molecule has 7 nitrogen and oxygen atoms in total. The zero-order valence-corrected chi connectivity index (χ0v) is 10.3. The SMILES string of the molecule is O=C(NCc1cccnc1)c1cccc([N+](=O)[O-])c1O. The lowest BCUT2D eigenvalue weighted by Gasteiger charge is -2.06. The van der Waals surface area contributed by atoms with Crippen LogP contribution in [-0.4, -0.2) is 20.9 Å². The van der Waals surface area contributed by atoms with Gasteiger partial charge >= 0.3 is 5.69 Å². The zero-order chi connectivity index (χ0) is 14.5. The van der Waals surface area contributed by atoms with Gasteiger partial charge in [0.15, 0.2) is 0 Å². The number of benzene rings is 1. The first kappa shape index (κ1) is 13.5. The molecule has 0 aliphatic rings. The molecule has 1 heterocycles. The normalized spacial score (nSPS) is 10.0. The number of phenols is 1. The Morgan fingerprint density at radius 2 is 2.15 bits per heavy atom. The van der Waals surface area contributed by atoms with Gasteiger partial charge in [-0.05, 0) is 17.7 Å². The van der Waals surface area contributed by atoms with E-state index >= 15 is 0 Å². The Hall–Kier alpha value is -2.96. The predicted octanol–water partition coefficient (Wildman–Crippen LogP) is 1.63. The molecule has 0 saturated heterocycles. The van der Waals surface area contributed by atoms with Crippen LogP contribution in [-0.2, 0) is 6.54 Å². The number of carbonyl (C=O) groups is 1. The van der Waals surface area contributed by atoms with E-state index in [0.29, 0.717) is 0 Å². The van der Waals surface area contributed by atoms with E-state index in [1.54, 1.807) is 24.5 Å². The van der Waals surface area contributed by atoms with Crippen molar-refractivity contribution in [1.82, 2.24) is 10.3 Å². The summed E-state index contributed by atoms with van der Waals surface area (Å²) in [5.41, 5.74) is 0.146. The Kier molecular flexibility index (Phi) is 3.90. The van der Waals surface area contributed by atoms with Gasteiger partial charge in [0, 0.05) is 25.0 Å². The van der Waals surface area contributed by atoms with Gasteiger partial charge < -0.3 is 10.4 Å². The van der Waals surface area contributed by atoms with Crippen LogP contribution < -0.4 is 5.32 Å². The van der Waals surface area contributed by atoms with E-state index in [1.807, 2.05) is 0 Å². The van der Waals surface area contributed by atoms with Crippen LogP contribution in [0.15, 0.2) is 42.7 Å². The van der Waals surface area contributed by atoms with E-state index in [9.17, 15) is 20.0 Å². The molecule has 7 heteroatoms. The average molecular weight is 273 g/mol. The number of rotatable bonds is 4. The number of phenolic OH excluding ortho intramolecular Hbond substituents is 1. The van der Waals surface area contributed by atoms with Gasteiger partial charge in [-0.3, -0.25) is 19.9 Å². The summed E-state index contributed by atoms with van der Waals surface area (Å²) in [4.78, 5) is 25.7. The number of para-hydroxylation sites is 1. The highest BCUT2D eigenvalue weighted by Gasteiger charge is 2.20. The molecule has 0 fully saturated rings. The topological polar surface area (TPSA) is 105 Å². The number of carbonyl (C=O) groups excluding carboxylic acids is 1. The Bertz CT molecular complexity index is 643. The molecule has 0 radical (unpaired) electrons. The van der Waals surface area contributed by atoms with Crippen molar-refractivity contribution in [1.29, 1.82) is 0 Å². The van der Waals surface area contributed by atoms with Gasteiger partial charge in [-0.1, -0.05) is 12.1 Å². The minimum atomic E-state index is -0.743. The number of nitrogens with one attached hydrogen (secondary N) is 1. The number of amides is 1. The Labute approximate surface area is 114 Å². The van der Waals surface area contributed by atoms with Crippen LogP contribution in [0.1, 0.15) is 15.9 Å². The predicted molar refractivity (Wildman–Crippen MR) is 70.2 cm³/mol. The second kappa shape index (κ2) is 5.79. The third kappa shape index (κ3) is 2.89. The molecule has 0 bridgehead atoms. The van der Waals surface area contributed by atoms with E-state index in [4.69, 9.17) is 0 Å². The molecule has 102 valence electrons. The van der Waals surface area contributed by atoms with Crippen molar-refractivity contribution in [3.63, 3.8) is 0 Å². The number of hydrogen-bond acceptors (Lipinski definition) is 5. The summed E-state index contributed by atoms with van der Waals surface area (Å²) in [5, 5.41) is 23.0. The van der Waals surface area contributed by atoms with Crippen molar-refractivity contribution >= 4 is 11.6 Å². The van der Waals surface area contributed by atoms with Gasteiger partial charge in [-0.15, -0.1) is 0 Å². The zero-order valence-electron chi connectivity index (χ0n) is 10.3. The van der Waals surface area contributed by atoms with Crippen molar-refractivity contribution in [3.8, 4) is 5.75 Å². The molecule has 1 aromatic carbocycles. The molecular formula is C13H11N3O4. The smallest absolute Gasteiger partial charge is 0.311 e. The molecule has 1 aromatic heterocycles. The van der Waals surface area contributed by atoms with Gasteiger partial charge in [0.05, 0.1) is 10.5 Å². The maximum Gasteiger partial charge on any atom is 0.311 e. The fraction of sp³-hybridized carbons (Fsp3) is 0.0769. The molecule has 1 amide bonds. The molecule has 0 aliphatic heterocycles. The minimum absolute atomic E-state index is 0.136. The van der Waals surface area contributed by atoms with Crippen LogP contribution in [0.5, 0.6) is 5.75 Å². The number of pyridine rings is 1. The highest BCUT2D eigenvalue weighted by atomic mass is 16.6. The highest BCUT2D eigenvalue weighted by molar-refractivity contribution is 5.98. The van der Waals surface area contributed by atoms with Crippen LogP contribution in [0.25, 0.3) is 0 Å². The van der Waals surface area contributed by atoms with E-state index < -0.39 is 22.3 Å². The summed E-state index contributed by atoms with van der Waals surface area (Å²) in [6.07, 6.45) is 3.20. The number of aromatic hydroxyl groups is 1. The summed E-state index contributed by atoms with van der Waals surface area (Å²) in [5.74, 6) is -1.23. The van der Waals surface area contributed by atoms with Gasteiger partial charge in [-0.25, -0.2) is 0 Å². The maximum absolute atomic E-state index is 11.9. The van der Waals surface area contributed by atoms with Gasteiger partial charge in [0.25, 0.3) is 5.91 Å². The molecule has 2 N–H and O–H groups in total. The van der Waals surface area contributed by atoms with E-state index in [-0.39, 0.29) is 12.1 Å².